The monoisotopic (exact) mass is 258 g/mol. The van der Waals surface area contributed by atoms with E-state index in [1.165, 1.54) is 25.7 Å². The van der Waals surface area contributed by atoms with Crippen LogP contribution < -0.4 is 0 Å². The highest BCUT2D eigenvalue weighted by atomic mass is 19.3. The lowest BCUT2D eigenvalue weighted by Crippen LogP contribution is -2.14. The number of alkyl halides is 2. The molecule has 0 heterocycles. The number of ketones is 1. The molecular formula is C15H24F2O. The van der Waals surface area contributed by atoms with Crippen molar-refractivity contribution in [3.63, 3.8) is 0 Å². The van der Waals surface area contributed by atoms with Crippen molar-refractivity contribution < 1.29 is 13.6 Å². The fraction of sp³-hybridized carbons (Fsp3) is 0.933. The largest absolute Gasteiger partial charge is 0.300 e. The van der Waals surface area contributed by atoms with Crippen LogP contribution in [0.3, 0.4) is 0 Å². The van der Waals surface area contributed by atoms with Crippen LogP contribution in [0.2, 0.25) is 0 Å². The molecule has 0 saturated heterocycles. The van der Waals surface area contributed by atoms with Gasteiger partial charge in [-0.15, -0.1) is 0 Å². The average molecular weight is 258 g/mol. The molecule has 1 atom stereocenters. The van der Waals surface area contributed by atoms with Crippen molar-refractivity contribution in [2.24, 2.45) is 11.8 Å². The third-order valence-electron chi connectivity index (χ3n) is 4.51. The van der Waals surface area contributed by atoms with Crippen molar-refractivity contribution in [1.29, 1.82) is 0 Å². The highest BCUT2D eigenvalue weighted by Gasteiger charge is 2.39. The van der Waals surface area contributed by atoms with Gasteiger partial charge in [0, 0.05) is 25.7 Å². The maximum atomic E-state index is 13.0. The molecule has 2 aliphatic rings. The smallest absolute Gasteiger partial charge is 0.248 e. The minimum Gasteiger partial charge on any atom is -0.300 e. The highest BCUT2D eigenvalue weighted by Crippen LogP contribution is 2.40. The lowest BCUT2D eigenvalue weighted by atomic mass is 9.90. The maximum absolute atomic E-state index is 13.0. The van der Waals surface area contributed by atoms with Gasteiger partial charge >= 0.3 is 0 Å². The molecule has 2 rings (SSSR count). The zero-order chi connectivity index (χ0) is 13.0. The quantitative estimate of drug-likeness (QED) is 0.665. The zero-order valence-corrected chi connectivity index (χ0v) is 11.1. The highest BCUT2D eigenvalue weighted by molar-refractivity contribution is 5.78. The molecule has 0 spiro atoms. The van der Waals surface area contributed by atoms with Crippen LogP contribution in [-0.4, -0.2) is 11.7 Å². The summed E-state index contributed by atoms with van der Waals surface area (Å²) in [7, 11) is 0. The molecule has 0 bridgehead atoms. The first-order chi connectivity index (χ1) is 8.55. The van der Waals surface area contributed by atoms with Crippen molar-refractivity contribution in [2.45, 2.75) is 76.6 Å². The van der Waals surface area contributed by atoms with Crippen molar-refractivity contribution in [1.82, 2.24) is 0 Å². The van der Waals surface area contributed by atoms with Gasteiger partial charge in [-0.3, -0.25) is 4.79 Å². The molecule has 0 N–H and O–H groups in total. The number of hydrogen-bond acceptors (Lipinski definition) is 1. The topological polar surface area (TPSA) is 17.1 Å². The van der Waals surface area contributed by atoms with E-state index in [1.807, 2.05) is 0 Å². The summed E-state index contributed by atoms with van der Waals surface area (Å²) in [4.78, 5) is 11.9. The number of hydrogen-bond donors (Lipinski definition) is 0. The molecule has 1 nitrogen and oxygen atoms in total. The molecular weight excluding hydrogens is 234 g/mol. The van der Waals surface area contributed by atoms with Crippen LogP contribution in [0, 0.1) is 11.8 Å². The fourth-order valence-corrected chi connectivity index (χ4v) is 3.51. The first-order valence-electron chi connectivity index (χ1n) is 7.45. The molecule has 0 aliphatic heterocycles. The number of Topliss-reactive ketones (excluding diaryl/α,β-unsaturated/α-hetero) is 1. The molecule has 0 aromatic rings. The summed E-state index contributed by atoms with van der Waals surface area (Å²) in [6.45, 7) is 0. The third-order valence-corrected chi connectivity index (χ3v) is 4.51. The van der Waals surface area contributed by atoms with Crippen molar-refractivity contribution in [3.8, 4) is 0 Å². The standard InChI is InChI=1S/C15H24F2O/c16-15(17)8-7-13(11-15)10-14(18)9-12-5-3-1-2-4-6-12/h12-13H,1-11H2. The first-order valence-corrected chi connectivity index (χ1v) is 7.45. The summed E-state index contributed by atoms with van der Waals surface area (Å²) >= 11 is 0. The Morgan fingerprint density at radius 3 is 2.11 bits per heavy atom. The molecule has 0 amide bonds. The van der Waals surface area contributed by atoms with E-state index in [-0.39, 0.29) is 24.5 Å². The summed E-state index contributed by atoms with van der Waals surface area (Å²) in [5.74, 6) is -1.81. The van der Waals surface area contributed by atoms with Gasteiger partial charge in [0.05, 0.1) is 0 Å². The first kappa shape index (κ1) is 14.0. The lowest BCUT2D eigenvalue weighted by Gasteiger charge is -2.15. The molecule has 3 heteroatoms. The second-order valence-corrected chi connectivity index (χ2v) is 6.27. The Morgan fingerprint density at radius 1 is 0.944 bits per heavy atom. The van der Waals surface area contributed by atoms with Gasteiger partial charge in [-0.2, -0.15) is 0 Å². The molecule has 104 valence electrons. The predicted octanol–water partition coefficient (Wildman–Crippen LogP) is 4.74. The van der Waals surface area contributed by atoms with Crippen molar-refractivity contribution in [3.05, 3.63) is 0 Å². The summed E-state index contributed by atoms with van der Waals surface area (Å²) in [5, 5.41) is 0. The molecule has 2 fully saturated rings. The van der Waals surface area contributed by atoms with Crippen LogP contribution in [0.25, 0.3) is 0 Å². The van der Waals surface area contributed by atoms with Gasteiger partial charge in [0.1, 0.15) is 5.78 Å². The van der Waals surface area contributed by atoms with E-state index in [0.717, 1.165) is 12.8 Å². The van der Waals surface area contributed by atoms with Crippen LogP contribution >= 0.6 is 0 Å². The van der Waals surface area contributed by atoms with Gasteiger partial charge in [-0.1, -0.05) is 38.5 Å². The molecule has 0 aromatic carbocycles. The lowest BCUT2D eigenvalue weighted by molar-refractivity contribution is -0.121. The normalized spacial score (nSPS) is 29.1. The molecule has 0 aromatic heterocycles. The van der Waals surface area contributed by atoms with E-state index in [2.05, 4.69) is 0 Å². The Labute approximate surface area is 108 Å². The third kappa shape index (κ3) is 4.33. The van der Waals surface area contributed by atoms with Crippen molar-refractivity contribution >= 4 is 5.78 Å². The van der Waals surface area contributed by atoms with Gasteiger partial charge in [0.15, 0.2) is 0 Å². The summed E-state index contributed by atoms with van der Waals surface area (Å²) in [5.41, 5.74) is 0. The van der Waals surface area contributed by atoms with E-state index in [9.17, 15) is 13.6 Å². The number of carbonyl (C=O) groups is 1. The molecule has 1 unspecified atom stereocenters. The van der Waals surface area contributed by atoms with E-state index >= 15 is 0 Å². The van der Waals surface area contributed by atoms with Gasteiger partial charge < -0.3 is 0 Å². The van der Waals surface area contributed by atoms with Crippen LogP contribution in [0.5, 0.6) is 0 Å². The minimum atomic E-state index is -2.51. The minimum absolute atomic E-state index is 0.0195. The van der Waals surface area contributed by atoms with E-state index in [1.54, 1.807) is 0 Å². The number of carbonyl (C=O) groups excluding carboxylic acids is 1. The Hall–Kier alpha value is -0.470. The molecule has 18 heavy (non-hydrogen) atoms. The Bertz CT molecular complexity index is 271. The summed E-state index contributed by atoms with van der Waals surface area (Å²) in [6.07, 6.45) is 8.85. The Kier molecular flexibility index (Phi) is 4.74. The van der Waals surface area contributed by atoms with Crippen molar-refractivity contribution in [2.75, 3.05) is 0 Å². The Morgan fingerprint density at radius 2 is 1.56 bits per heavy atom. The van der Waals surface area contributed by atoms with E-state index < -0.39 is 5.92 Å². The zero-order valence-electron chi connectivity index (χ0n) is 11.1. The van der Waals surface area contributed by atoms with E-state index in [4.69, 9.17) is 0 Å². The maximum Gasteiger partial charge on any atom is 0.248 e. The second-order valence-electron chi connectivity index (χ2n) is 6.27. The average Bonchev–Trinajstić information content (AvgIpc) is 2.52. The summed E-state index contributed by atoms with van der Waals surface area (Å²) in [6, 6.07) is 0. The predicted molar refractivity (Wildman–Crippen MR) is 67.7 cm³/mol. The Balaban J connectivity index is 1.71. The van der Waals surface area contributed by atoms with E-state index in [0.29, 0.717) is 25.2 Å². The van der Waals surface area contributed by atoms with Gasteiger partial charge in [0.2, 0.25) is 5.92 Å². The SMILES string of the molecule is O=C(CC1CCCCCC1)CC1CCC(F)(F)C1. The molecule has 2 aliphatic carbocycles. The van der Waals surface area contributed by atoms with Gasteiger partial charge in [-0.25, -0.2) is 8.78 Å². The number of halogens is 2. The molecule has 2 saturated carbocycles. The van der Waals surface area contributed by atoms with Gasteiger partial charge in [0.25, 0.3) is 0 Å². The van der Waals surface area contributed by atoms with Crippen LogP contribution in [0.15, 0.2) is 0 Å². The van der Waals surface area contributed by atoms with Crippen LogP contribution in [-0.2, 0) is 4.79 Å². The fourth-order valence-electron chi connectivity index (χ4n) is 3.51. The summed E-state index contributed by atoms with van der Waals surface area (Å²) < 4.78 is 26.1. The van der Waals surface area contributed by atoms with Gasteiger partial charge in [-0.05, 0) is 18.3 Å². The molecule has 0 radical (unpaired) electrons. The van der Waals surface area contributed by atoms with Crippen LogP contribution in [0.1, 0.15) is 70.6 Å². The second kappa shape index (κ2) is 6.12. The number of rotatable bonds is 4. The van der Waals surface area contributed by atoms with Crippen LogP contribution in [0.4, 0.5) is 8.78 Å².